The van der Waals surface area contributed by atoms with E-state index in [0.29, 0.717) is 25.2 Å². The number of esters is 1. The lowest BCUT2D eigenvalue weighted by molar-refractivity contribution is -0.142. The standard InChI is InChI=1S/C20H24FN3O3/c1-13-17(20(23-22-13)15-3-5-16(21)6-4-15)12-18(25)24-9-7-14(8-10-24)11-19(26)27-2/h3-6,14H,7-12H2,1-2H3,(H,22,23). The van der Waals surface area contributed by atoms with E-state index >= 15 is 0 Å². The predicted octanol–water partition coefficient (Wildman–Crippen LogP) is 2.87. The van der Waals surface area contributed by atoms with E-state index in [9.17, 15) is 14.0 Å². The molecule has 0 spiro atoms. The first-order valence-electron chi connectivity index (χ1n) is 9.12. The molecule has 0 aliphatic carbocycles. The van der Waals surface area contributed by atoms with E-state index in [1.54, 1.807) is 12.1 Å². The van der Waals surface area contributed by atoms with Gasteiger partial charge in [-0.05, 0) is 49.9 Å². The maximum absolute atomic E-state index is 13.2. The molecule has 1 aliphatic rings. The minimum Gasteiger partial charge on any atom is -0.469 e. The number of nitrogens with one attached hydrogen (secondary N) is 1. The summed E-state index contributed by atoms with van der Waals surface area (Å²) < 4.78 is 17.9. The summed E-state index contributed by atoms with van der Waals surface area (Å²) >= 11 is 0. The number of aryl methyl sites for hydroxylation is 1. The number of benzene rings is 1. The van der Waals surface area contributed by atoms with Crippen LogP contribution in [0.3, 0.4) is 0 Å². The van der Waals surface area contributed by atoms with Gasteiger partial charge in [-0.15, -0.1) is 0 Å². The highest BCUT2D eigenvalue weighted by Crippen LogP contribution is 2.26. The van der Waals surface area contributed by atoms with Crippen molar-refractivity contribution in [3.05, 3.63) is 41.3 Å². The molecule has 0 unspecified atom stereocenters. The fourth-order valence-corrected chi connectivity index (χ4v) is 3.48. The number of hydrogen-bond donors (Lipinski definition) is 1. The zero-order valence-corrected chi connectivity index (χ0v) is 15.6. The monoisotopic (exact) mass is 373 g/mol. The first kappa shape index (κ1) is 19.1. The van der Waals surface area contributed by atoms with Gasteiger partial charge in [-0.25, -0.2) is 4.39 Å². The quantitative estimate of drug-likeness (QED) is 0.818. The summed E-state index contributed by atoms with van der Waals surface area (Å²) in [6.07, 6.45) is 2.26. The summed E-state index contributed by atoms with van der Waals surface area (Å²) in [6.45, 7) is 3.16. The summed E-state index contributed by atoms with van der Waals surface area (Å²) in [5.41, 5.74) is 3.13. The van der Waals surface area contributed by atoms with Crippen LogP contribution in [-0.4, -0.2) is 47.2 Å². The third-order valence-corrected chi connectivity index (χ3v) is 5.17. The Bertz CT molecular complexity index is 808. The molecule has 3 rings (SSSR count). The SMILES string of the molecule is COC(=O)CC1CCN(C(=O)Cc2c(-c3ccc(F)cc3)n[nH]c2C)CC1. The maximum Gasteiger partial charge on any atom is 0.305 e. The Balaban J connectivity index is 1.64. The van der Waals surface area contributed by atoms with Gasteiger partial charge in [-0.1, -0.05) is 0 Å². The maximum atomic E-state index is 13.2. The number of likely N-dealkylation sites (tertiary alicyclic amines) is 1. The minimum atomic E-state index is -0.307. The fraction of sp³-hybridized carbons (Fsp3) is 0.450. The molecule has 1 fully saturated rings. The van der Waals surface area contributed by atoms with Crippen LogP contribution in [-0.2, 0) is 20.7 Å². The molecule has 1 aromatic heterocycles. The normalized spacial score (nSPS) is 15.0. The third-order valence-electron chi connectivity index (χ3n) is 5.17. The van der Waals surface area contributed by atoms with Crippen LogP contribution < -0.4 is 0 Å². The van der Waals surface area contributed by atoms with Crippen LogP contribution in [0.2, 0.25) is 0 Å². The van der Waals surface area contributed by atoms with Gasteiger partial charge >= 0.3 is 5.97 Å². The lowest BCUT2D eigenvalue weighted by atomic mass is 9.93. The van der Waals surface area contributed by atoms with Crippen molar-refractivity contribution >= 4 is 11.9 Å². The predicted molar refractivity (Wildman–Crippen MR) is 98.4 cm³/mol. The van der Waals surface area contributed by atoms with Crippen LogP contribution >= 0.6 is 0 Å². The Morgan fingerprint density at radius 1 is 1.26 bits per heavy atom. The van der Waals surface area contributed by atoms with E-state index < -0.39 is 0 Å². The van der Waals surface area contributed by atoms with Gasteiger partial charge in [0.05, 0.1) is 19.2 Å². The number of amides is 1. The third kappa shape index (κ3) is 4.53. The molecule has 27 heavy (non-hydrogen) atoms. The zero-order chi connectivity index (χ0) is 19.4. The van der Waals surface area contributed by atoms with Gasteiger partial charge in [0, 0.05) is 36.3 Å². The number of halogens is 1. The Labute approximate surface area is 157 Å². The number of H-pyrrole nitrogens is 1. The Kier molecular flexibility index (Phi) is 5.88. The summed E-state index contributed by atoms with van der Waals surface area (Å²) in [5, 5.41) is 7.23. The summed E-state index contributed by atoms with van der Waals surface area (Å²) in [5.74, 6) is -0.192. The number of carbonyl (C=O) groups excluding carboxylic acids is 2. The van der Waals surface area contributed by atoms with Crippen molar-refractivity contribution in [2.24, 2.45) is 5.92 Å². The molecule has 0 radical (unpaired) electrons. The number of hydrogen-bond acceptors (Lipinski definition) is 4. The van der Waals surface area contributed by atoms with Gasteiger partial charge in [-0.3, -0.25) is 14.7 Å². The Morgan fingerprint density at radius 2 is 1.93 bits per heavy atom. The molecule has 0 atom stereocenters. The molecule has 144 valence electrons. The highest BCUT2D eigenvalue weighted by Gasteiger charge is 2.26. The molecule has 1 aromatic carbocycles. The van der Waals surface area contributed by atoms with Crippen molar-refractivity contribution in [2.45, 2.75) is 32.6 Å². The lowest BCUT2D eigenvalue weighted by Crippen LogP contribution is -2.39. The molecule has 6 nitrogen and oxygen atoms in total. The van der Waals surface area contributed by atoms with E-state index in [1.165, 1.54) is 19.2 Å². The number of piperidine rings is 1. The van der Waals surface area contributed by atoms with Crippen LogP contribution in [0.5, 0.6) is 0 Å². The molecule has 1 saturated heterocycles. The van der Waals surface area contributed by atoms with Gasteiger partial charge in [-0.2, -0.15) is 5.10 Å². The van der Waals surface area contributed by atoms with E-state index in [0.717, 1.165) is 29.7 Å². The van der Waals surface area contributed by atoms with E-state index in [2.05, 4.69) is 10.2 Å². The minimum absolute atomic E-state index is 0.0411. The van der Waals surface area contributed by atoms with Gasteiger partial charge in [0.25, 0.3) is 0 Å². The van der Waals surface area contributed by atoms with Crippen molar-refractivity contribution in [2.75, 3.05) is 20.2 Å². The summed E-state index contributed by atoms with van der Waals surface area (Å²) in [7, 11) is 1.40. The molecular formula is C20H24FN3O3. The topological polar surface area (TPSA) is 75.3 Å². The van der Waals surface area contributed by atoms with Crippen LogP contribution in [0.4, 0.5) is 4.39 Å². The molecule has 2 aromatic rings. The number of methoxy groups -OCH3 is 1. The highest BCUT2D eigenvalue weighted by atomic mass is 19.1. The number of carbonyl (C=O) groups is 2. The molecular weight excluding hydrogens is 349 g/mol. The van der Waals surface area contributed by atoms with E-state index in [4.69, 9.17) is 4.74 Å². The molecule has 7 heteroatoms. The molecule has 1 N–H and O–H groups in total. The zero-order valence-electron chi connectivity index (χ0n) is 15.6. The second kappa shape index (κ2) is 8.33. The average Bonchev–Trinajstić information content (AvgIpc) is 3.03. The molecule has 1 aliphatic heterocycles. The Hall–Kier alpha value is -2.70. The number of nitrogens with zero attached hydrogens (tertiary/aromatic N) is 2. The summed E-state index contributed by atoms with van der Waals surface area (Å²) in [6, 6.07) is 6.10. The average molecular weight is 373 g/mol. The van der Waals surface area contributed by atoms with Crippen molar-refractivity contribution in [1.82, 2.24) is 15.1 Å². The van der Waals surface area contributed by atoms with Crippen molar-refractivity contribution < 1.29 is 18.7 Å². The molecule has 0 saturated carbocycles. The van der Waals surface area contributed by atoms with Gasteiger partial charge in [0.15, 0.2) is 0 Å². The smallest absolute Gasteiger partial charge is 0.305 e. The van der Waals surface area contributed by atoms with Crippen molar-refractivity contribution in [1.29, 1.82) is 0 Å². The number of ether oxygens (including phenoxy) is 1. The highest BCUT2D eigenvalue weighted by molar-refractivity contribution is 5.82. The van der Waals surface area contributed by atoms with E-state index in [1.807, 2.05) is 11.8 Å². The van der Waals surface area contributed by atoms with E-state index in [-0.39, 0.29) is 30.0 Å². The van der Waals surface area contributed by atoms with Crippen molar-refractivity contribution in [3.8, 4) is 11.3 Å². The number of aromatic amines is 1. The van der Waals surface area contributed by atoms with Crippen LogP contribution in [0.25, 0.3) is 11.3 Å². The van der Waals surface area contributed by atoms with Gasteiger partial charge in [0.1, 0.15) is 5.82 Å². The van der Waals surface area contributed by atoms with Crippen LogP contribution in [0, 0.1) is 18.7 Å². The largest absolute Gasteiger partial charge is 0.469 e. The number of aromatic nitrogens is 2. The van der Waals surface area contributed by atoms with Gasteiger partial charge in [0.2, 0.25) is 5.91 Å². The summed E-state index contributed by atoms with van der Waals surface area (Å²) in [4.78, 5) is 26.0. The molecule has 2 heterocycles. The second-order valence-corrected chi connectivity index (χ2v) is 6.96. The lowest BCUT2D eigenvalue weighted by Gasteiger charge is -2.31. The second-order valence-electron chi connectivity index (χ2n) is 6.96. The van der Waals surface area contributed by atoms with Crippen LogP contribution in [0.1, 0.15) is 30.5 Å². The van der Waals surface area contributed by atoms with Crippen molar-refractivity contribution in [3.63, 3.8) is 0 Å². The first-order valence-corrected chi connectivity index (χ1v) is 9.12. The Morgan fingerprint density at radius 3 is 2.56 bits per heavy atom. The fourth-order valence-electron chi connectivity index (χ4n) is 3.48. The first-order chi connectivity index (χ1) is 13.0. The van der Waals surface area contributed by atoms with Crippen LogP contribution in [0.15, 0.2) is 24.3 Å². The molecule has 1 amide bonds. The van der Waals surface area contributed by atoms with Gasteiger partial charge < -0.3 is 9.64 Å². The number of rotatable bonds is 5. The molecule has 0 bridgehead atoms.